The van der Waals surface area contributed by atoms with Gasteiger partial charge in [0.15, 0.2) is 5.65 Å². The molecular formula is C9H13N5O2. The number of rotatable bonds is 2. The molecule has 0 spiro atoms. The van der Waals surface area contributed by atoms with E-state index in [1.165, 1.54) is 4.57 Å². The van der Waals surface area contributed by atoms with Crippen molar-refractivity contribution in [3.8, 4) is 0 Å². The van der Waals surface area contributed by atoms with Crippen molar-refractivity contribution >= 4 is 11.2 Å². The molecule has 0 saturated heterocycles. The van der Waals surface area contributed by atoms with Crippen LogP contribution in [0.4, 0.5) is 0 Å². The first-order valence-corrected chi connectivity index (χ1v) is 4.81. The normalized spacial score (nSPS) is 11.5. The Morgan fingerprint density at radius 1 is 1.31 bits per heavy atom. The number of nitrogens with zero attached hydrogens (tertiary/aromatic N) is 3. The molecule has 2 rings (SSSR count). The summed E-state index contributed by atoms with van der Waals surface area (Å²) in [5.41, 5.74) is -0.180. The van der Waals surface area contributed by atoms with Gasteiger partial charge in [-0.3, -0.25) is 14.3 Å². The molecule has 2 aromatic rings. The summed E-state index contributed by atoms with van der Waals surface area (Å²) in [6.07, 6.45) is 0. The highest BCUT2D eigenvalue weighted by Crippen LogP contribution is 2.04. The SMILES string of the molecule is CN(C)Cc1nc2c([nH]1)c(=O)[nH]c(=O)n2C. The quantitative estimate of drug-likeness (QED) is 0.684. The van der Waals surface area contributed by atoms with Gasteiger partial charge in [0.05, 0.1) is 6.54 Å². The van der Waals surface area contributed by atoms with Crippen LogP contribution in [0.25, 0.3) is 11.2 Å². The lowest BCUT2D eigenvalue weighted by Gasteiger charge is -2.04. The molecule has 2 heterocycles. The topological polar surface area (TPSA) is 86.8 Å². The Kier molecular flexibility index (Phi) is 2.39. The third-order valence-electron chi connectivity index (χ3n) is 2.27. The highest BCUT2D eigenvalue weighted by atomic mass is 16.2. The Labute approximate surface area is 90.7 Å². The number of hydrogen-bond acceptors (Lipinski definition) is 4. The van der Waals surface area contributed by atoms with Crippen LogP contribution in [0, 0.1) is 0 Å². The summed E-state index contributed by atoms with van der Waals surface area (Å²) < 4.78 is 1.31. The van der Waals surface area contributed by atoms with Crippen molar-refractivity contribution in [2.24, 2.45) is 7.05 Å². The van der Waals surface area contributed by atoms with Crippen molar-refractivity contribution in [1.29, 1.82) is 0 Å². The molecule has 0 amide bonds. The first-order valence-electron chi connectivity index (χ1n) is 4.81. The largest absolute Gasteiger partial charge is 0.335 e. The van der Waals surface area contributed by atoms with Crippen molar-refractivity contribution < 1.29 is 0 Å². The van der Waals surface area contributed by atoms with Crippen LogP contribution in [-0.2, 0) is 13.6 Å². The fourth-order valence-corrected chi connectivity index (χ4v) is 1.53. The number of nitrogens with one attached hydrogen (secondary N) is 2. The van der Waals surface area contributed by atoms with Gasteiger partial charge in [-0.25, -0.2) is 9.78 Å². The Balaban J connectivity index is 2.70. The molecule has 86 valence electrons. The van der Waals surface area contributed by atoms with Crippen LogP contribution in [0.3, 0.4) is 0 Å². The van der Waals surface area contributed by atoms with E-state index in [1.807, 2.05) is 19.0 Å². The smallest absolute Gasteiger partial charge is 0.329 e. The molecule has 0 aliphatic heterocycles. The van der Waals surface area contributed by atoms with Crippen molar-refractivity contribution in [3.05, 3.63) is 26.7 Å². The van der Waals surface area contributed by atoms with Gasteiger partial charge in [-0.15, -0.1) is 0 Å². The molecule has 16 heavy (non-hydrogen) atoms. The zero-order valence-corrected chi connectivity index (χ0v) is 9.37. The van der Waals surface area contributed by atoms with E-state index in [2.05, 4.69) is 15.0 Å². The molecule has 0 radical (unpaired) electrons. The van der Waals surface area contributed by atoms with E-state index in [4.69, 9.17) is 0 Å². The van der Waals surface area contributed by atoms with E-state index < -0.39 is 11.2 Å². The zero-order chi connectivity index (χ0) is 11.9. The number of aryl methyl sites for hydroxylation is 1. The van der Waals surface area contributed by atoms with E-state index in [0.717, 1.165) is 0 Å². The number of H-pyrrole nitrogens is 2. The monoisotopic (exact) mass is 223 g/mol. The molecular weight excluding hydrogens is 210 g/mol. The Hall–Kier alpha value is -1.89. The van der Waals surface area contributed by atoms with Crippen LogP contribution in [-0.4, -0.2) is 38.5 Å². The third kappa shape index (κ3) is 1.65. The second-order valence-corrected chi connectivity index (χ2v) is 3.94. The van der Waals surface area contributed by atoms with Gasteiger partial charge < -0.3 is 9.88 Å². The van der Waals surface area contributed by atoms with E-state index in [-0.39, 0.29) is 0 Å². The minimum atomic E-state index is -0.458. The summed E-state index contributed by atoms with van der Waals surface area (Å²) in [4.78, 5) is 34.1. The van der Waals surface area contributed by atoms with Gasteiger partial charge in [-0.1, -0.05) is 0 Å². The highest BCUT2D eigenvalue weighted by molar-refractivity contribution is 5.69. The van der Waals surface area contributed by atoms with Crippen molar-refractivity contribution in [2.45, 2.75) is 6.54 Å². The van der Waals surface area contributed by atoms with Crippen molar-refractivity contribution in [3.63, 3.8) is 0 Å². The van der Waals surface area contributed by atoms with Crippen LogP contribution >= 0.6 is 0 Å². The summed E-state index contributed by atoms with van der Waals surface area (Å²) in [6, 6.07) is 0. The van der Waals surface area contributed by atoms with Crippen molar-refractivity contribution in [2.75, 3.05) is 14.1 Å². The van der Waals surface area contributed by atoms with Crippen LogP contribution in [0.5, 0.6) is 0 Å². The summed E-state index contributed by atoms with van der Waals surface area (Å²) in [6.45, 7) is 0.586. The Morgan fingerprint density at radius 3 is 2.62 bits per heavy atom. The minimum absolute atomic E-state index is 0.332. The van der Waals surface area contributed by atoms with Gasteiger partial charge in [-0.2, -0.15) is 0 Å². The molecule has 0 aliphatic carbocycles. The van der Waals surface area contributed by atoms with Gasteiger partial charge in [0.2, 0.25) is 0 Å². The number of aromatic nitrogens is 4. The van der Waals surface area contributed by atoms with Gasteiger partial charge in [0.1, 0.15) is 11.3 Å². The zero-order valence-electron chi connectivity index (χ0n) is 9.37. The summed E-state index contributed by atoms with van der Waals surface area (Å²) >= 11 is 0. The highest BCUT2D eigenvalue weighted by Gasteiger charge is 2.10. The molecule has 0 unspecified atom stereocenters. The standard InChI is InChI=1S/C9H13N5O2/c1-13(2)4-5-10-6-7(11-5)14(3)9(16)12-8(6)15/h4H2,1-3H3,(H,10,11)(H,12,15,16). The van der Waals surface area contributed by atoms with E-state index >= 15 is 0 Å². The number of hydrogen-bond donors (Lipinski definition) is 2. The molecule has 0 bridgehead atoms. The first kappa shape index (κ1) is 10.6. The van der Waals surface area contributed by atoms with Crippen LogP contribution in [0.15, 0.2) is 9.59 Å². The van der Waals surface area contributed by atoms with Gasteiger partial charge in [0, 0.05) is 7.05 Å². The maximum atomic E-state index is 11.5. The van der Waals surface area contributed by atoms with Crippen LogP contribution < -0.4 is 11.2 Å². The average Bonchev–Trinajstić information content (AvgIpc) is 2.58. The lowest BCUT2D eigenvalue weighted by atomic mass is 10.5. The van der Waals surface area contributed by atoms with Gasteiger partial charge >= 0.3 is 5.69 Å². The van der Waals surface area contributed by atoms with E-state index in [1.54, 1.807) is 7.05 Å². The number of fused-ring (bicyclic) bond motifs is 1. The Morgan fingerprint density at radius 2 is 2.00 bits per heavy atom. The molecule has 0 fully saturated rings. The van der Waals surface area contributed by atoms with E-state index in [9.17, 15) is 9.59 Å². The predicted molar refractivity (Wildman–Crippen MR) is 59.3 cm³/mol. The molecule has 0 atom stereocenters. The first-order chi connectivity index (χ1) is 7.49. The molecule has 0 saturated carbocycles. The molecule has 7 nitrogen and oxygen atoms in total. The Bertz CT molecular complexity index is 633. The summed E-state index contributed by atoms with van der Waals surface area (Å²) in [5, 5.41) is 0. The number of aromatic amines is 2. The molecule has 0 aromatic carbocycles. The molecule has 2 N–H and O–H groups in total. The van der Waals surface area contributed by atoms with Crippen LogP contribution in [0.1, 0.15) is 5.82 Å². The molecule has 2 aromatic heterocycles. The fourth-order valence-electron chi connectivity index (χ4n) is 1.53. The van der Waals surface area contributed by atoms with Gasteiger partial charge in [0.25, 0.3) is 5.56 Å². The average molecular weight is 223 g/mol. The lowest BCUT2D eigenvalue weighted by molar-refractivity contribution is 0.392. The fraction of sp³-hybridized carbons (Fsp3) is 0.444. The predicted octanol–water partition coefficient (Wildman–Crippen LogP) is -0.988. The van der Waals surface area contributed by atoms with Crippen molar-refractivity contribution in [1.82, 2.24) is 24.4 Å². The lowest BCUT2D eigenvalue weighted by Crippen LogP contribution is -2.28. The summed E-state index contributed by atoms with van der Waals surface area (Å²) in [5.74, 6) is 0.659. The molecule has 7 heteroatoms. The third-order valence-corrected chi connectivity index (χ3v) is 2.27. The number of imidazole rings is 1. The second-order valence-electron chi connectivity index (χ2n) is 3.94. The maximum absolute atomic E-state index is 11.5. The van der Waals surface area contributed by atoms with Crippen LogP contribution in [0.2, 0.25) is 0 Å². The maximum Gasteiger partial charge on any atom is 0.329 e. The minimum Gasteiger partial charge on any atom is -0.335 e. The second kappa shape index (κ2) is 3.60. The summed E-state index contributed by atoms with van der Waals surface area (Å²) in [7, 11) is 5.37. The molecule has 0 aliphatic rings. The van der Waals surface area contributed by atoms with E-state index in [0.29, 0.717) is 23.5 Å². The van der Waals surface area contributed by atoms with Gasteiger partial charge in [-0.05, 0) is 14.1 Å².